The molecule has 0 atom stereocenters. The van der Waals surface area contributed by atoms with Gasteiger partial charge in [0.2, 0.25) is 15.7 Å². The molecule has 2 rings (SSSR count). The van der Waals surface area contributed by atoms with Gasteiger partial charge in [0.05, 0.1) is 16.5 Å². The van der Waals surface area contributed by atoms with Crippen molar-refractivity contribution in [3.05, 3.63) is 59.2 Å². The number of nitrogens with zero attached hydrogens (tertiary/aromatic N) is 2. The van der Waals surface area contributed by atoms with Crippen LogP contribution in [0.3, 0.4) is 0 Å². The number of nitriles is 1. The molecular weight excluding hydrogens is 300 g/mol. The number of aromatic nitrogens is 1. The summed E-state index contributed by atoms with van der Waals surface area (Å²) in [6, 6.07) is 7.88. The standard InChI is InChI=1S/C16H16N2O3S/c1-11-10-18-15(21-11)16(3,4)13-5-7-14(8-6-13)22(19,20)12(2)9-17/h5-8,10H,2H2,1,3-4H3. The summed E-state index contributed by atoms with van der Waals surface area (Å²) >= 11 is 0. The summed E-state index contributed by atoms with van der Waals surface area (Å²) in [4.78, 5) is 3.81. The third kappa shape index (κ3) is 2.68. The predicted molar refractivity (Wildman–Crippen MR) is 81.7 cm³/mol. The van der Waals surface area contributed by atoms with Crippen LogP contribution < -0.4 is 0 Å². The molecule has 0 amide bonds. The second-order valence-electron chi connectivity index (χ2n) is 5.46. The smallest absolute Gasteiger partial charge is 0.216 e. The Hall–Kier alpha value is -2.39. The molecule has 0 bridgehead atoms. The van der Waals surface area contributed by atoms with E-state index in [0.29, 0.717) is 11.7 Å². The molecule has 0 unspecified atom stereocenters. The summed E-state index contributed by atoms with van der Waals surface area (Å²) in [5, 5.41) is 8.72. The van der Waals surface area contributed by atoms with E-state index in [9.17, 15) is 8.42 Å². The molecule has 0 spiro atoms. The van der Waals surface area contributed by atoms with Gasteiger partial charge in [0, 0.05) is 0 Å². The van der Waals surface area contributed by atoms with Crippen molar-refractivity contribution >= 4 is 9.84 Å². The Morgan fingerprint density at radius 2 is 1.91 bits per heavy atom. The van der Waals surface area contributed by atoms with Gasteiger partial charge in [0.1, 0.15) is 16.7 Å². The first-order valence-corrected chi connectivity index (χ1v) is 8.05. The molecule has 1 heterocycles. The van der Waals surface area contributed by atoms with Crippen molar-refractivity contribution in [3.8, 4) is 6.07 Å². The van der Waals surface area contributed by atoms with E-state index in [1.165, 1.54) is 12.1 Å². The van der Waals surface area contributed by atoms with E-state index in [1.807, 2.05) is 20.8 Å². The lowest BCUT2D eigenvalue weighted by molar-refractivity contribution is 0.398. The van der Waals surface area contributed by atoms with E-state index in [2.05, 4.69) is 11.6 Å². The molecule has 0 saturated carbocycles. The molecule has 114 valence electrons. The first-order valence-electron chi connectivity index (χ1n) is 6.57. The summed E-state index contributed by atoms with van der Waals surface area (Å²) in [7, 11) is -3.81. The highest BCUT2D eigenvalue weighted by atomic mass is 32.2. The summed E-state index contributed by atoms with van der Waals surface area (Å²) in [5.41, 5.74) is 0.360. The number of allylic oxidation sites excluding steroid dienone is 1. The topological polar surface area (TPSA) is 84.0 Å². The Labute approximate surface area is 129 Å². The number of rotatable bonds is 4. The molecular formula is C16H16N2O3S. The molecule has 0 aliphatic heterocycles. The highest BCUT2D eigenvalue weighted by molar-refractivity contribution is 7.95. The molecule has 5 nitrogen and oxygen atoms in total. The SMILES string of the molecule is C=C(C#N)S(=O)(=O)c1ccc(C(C)(C)c2ncc(C)o2)cc1. The Kier molecular flexibility index (Phi) is 3.94. The molecule has 0 fully saturated rings. The Balaban J connectivity index is 2.42. The van der Waals surface area contributed by atoms with Crippen molar-refractivity contribution in [3.63, 3.8) is 0 Å². The maximum Gasteiger partial charge on any atom is 0.216 e. The zero-order chi connectivity index (χ0) is 16.5. The van der Waals surface area contributed by atoms with E-state index in [4.69, 9.17) is 9.68 Å². The summed E-state index contributed by atoms with van der Waals surface area (Å²) in [6.45, 7) is 8.96. The maximum absolute atomic E-state index is 12.0. The fourth-order valence-electron chi connectivity index (χ4n) is 2.02. The van der Waals surface area contributed by atoms with Crippen molar-refractivity contribution in [2.75, 3.05) is 0 Å². The normalized spacial score (nSPS) is 11.9. The number of aryl methyl sites for hydroxylation is 1. The van der Waals surface area contributed by atoms with Gasteiger partial charge in [-0.2, -0.15) is 5.26 Å². The highest BCUT2D eigenvalue weighted by Crippen LogP contribution is 2.32. The third-order valence-corrected chi connectivity index (χ3v) is 5.12. The number of hydrogen-bond acceptors (Lipinski definition) is 5. The Bertz CT molecular complexity index is 854. The monoisotopic (exact) mass is 316 g/mol. The molecule has 1 aromatic carbocycles. The largest absolute Gasteiger partial charge is 0.445 e. The van der Waals surface area contributed by atoms with Crippen molar-refractivity contribution < 1.29 is 12.8 Å². The highest BCUT2D eigenvalue weighted by Gasteiger charge is 2.29. The van der Waals surface area contributed by atoms with Crippen LogP contribution in [0.15, 0.2) is 51.3 Å². The van der Waals surface area contributed by atoms with Crippen LogP contribution in [-0.2, 0) is 15.3 Å². The van der Waals surface area contributed by atoms with Gasteiger partial charge in [-0.05, 0) is 38.5 Å². The Morgan fingerprint density at radius 1 is 1.32 bits per heavy atom. The molecule has 22 heavy (non-hydrogen) atoms. The van der Waals surface area contributed by atoms with Crippen molar-refractivity contribution in [1.82, 2.24) is 4.98 Å². The summed E-state index contributed by atoms with van der Waals surface area (Å²) in [5.74, 6) is 1.27. The average Bonchev–Trinajstić information content (AvgIpc) is 2.93. The maximum atomic E-state index is 12.0. The fourth-order valence-corrected chi connectivity index (χ4v) is 2.92. The minimum absolute atomic E-state index is 0.0437. The lowest BCUT2D eigenvalue weighted by Crippen LogP contribution is -2.19. The predicted octanol–water partition coefficient (Wildman–Crippen LogP) is 3.12. The zero-order valence-electron chi connectivity index (χ0n) is 12.6. The molecule has 0 aliphatic carbocycles. The third-order valence-electron chi connectivity index (χ3n) is 3.49. The number of hydrogen-bond donors (Lipinski definition) is 0. The zero-order valence-corrected chi connectivity index (χ0v) is 13.4. The van der Waals surface area contributed by atoms with Gasteiger partial charge in [0.25, 0.3) is 0 Å². The van der Waals surface area contributed by atoms with Gasteiger partial charge in [-0.15, -0.1) is 0 Å². The molecule has 6 heteroatoms. The molecule has 0 N–H and O–H groups in total. The van der Waals surface area contributed by atoms with E-state index >= 15 is 0 Å². The van der Waals surface area contributed by atoms with Crippen LogP contribution in [-0.4, -0.2) is 13.4 Å². The minimum atomic E-state index is -3.81. The van der Waals surface area contributed by atoms with E-state index in [-0.39, 0.29) is 4.90 Å². The van der Waals surface area contributed by atoms with Crippen molar-refractivity contribution in [2.24, 2.45) is 0 Å². The second-order valence-corrected chi connectivity index (χ2v) is 7.43. The average molecular weight is 316 g/mol. The molecule has 0 saturated heterocycles. The van der Waals surface area contributed by atoms with Crippen molar-refractivity contribution in [2.45, 2.75) is 31.1 Å². The van der Waals surface area contributed by atoms with Crippen LogP contribution in [0.2, 0.25) is 0 Å². The van der Waals surface area contributed by atoms with Gasteiger partial charge >= 0.3 is 0 Å². The van der Waals surface area contributed by atoms with E-state index in [0.717, 1.165) is 5.56 Å². The van der Waals surface area contributed by atoms with Crippen LogP contribution in [0.5, 0.6) is 0 Å². The van der Waals surface area contributed by atoms with Crippen LogP contribution in [0.25, 0.3) is 0 Å². The number of oxazole rings is 1. The van der Waals surface area contributed by atoms with Gasteiger partial charge in [-0.1, -0.05) is 18.7 Å². The number of sulfone groups is 1. The van der Waals surface area contributed by atoms with Gasteiger partial charge in [-0.25, -0.2) is 13.4 Å². The van der Waals surface area contributed by atoms with Crippen LogP contribution >= 0.6 is 0 Å². The molecule has 0 radical (unpaired) electrons. The lowest BCUT2D eigenvalue weighted by Gasteiger charge is -2.21. The van der Waals surface area contributed by atoms with Crippen molar-refractivity contribution in [1.29, 1.82) is 5.26 Å². The first kappa shape index (κ1) is 16.0. The first-order chi connectivity index (χ1) is 10.2. The van der Waals surface area contributed by atoms with E-state index in [1.54, 1.807) is 24.4 Å². The van der Waals surface area contributed by atoms with Crippen LogP contribution in [0.1, 0.15) is 31.1 Å². The fraction of sp³-hybridized carbons (Fsp3) is 0.250. The van der Waals surface area contributed by atoms with Crippen LogP contribution in [0, 0.1) is 18.3 Å². The van der Waals surface area contributed by atoms with Gasteiger partial charge < -0.3 is 4.42 Å². The van der Waals surface area contributed by atoms with Gasteiger partial charge in [-0.3, -0.25) is 0 Å². The summed E-state index contributed by atoms with van der Waals surface area (Å²) < 4.78 is 29.7. The lowest BCUT2D eigenvalue weighted by atomic mass is 9.84. The second kappa shape index (κ2) is 5.43. The summed E-state index contributed by atoms with van der Waals surface area (Å²) in [6.07, 6.45) is 1.65. The Morgan fingerprint density at radius 3 is 2.36 bits per heavy atom. The van der Waals surface area contributed by atoms with E-state index < -0.39 is 20.2 Å². The van der Waals surface area contributed by atoms with Gasteiger partial charge in [0.15, 0.2) is 0 Å². The van der Waals surface area contributed by atoms with Crippen LogP contribution in [0.4, 0.5) is 0 Å². The molecule has 1 aromatic heterocycles. The minimum Gasteiger partial charge on any atom is -0.445 e. The quantitative estimate of drug-likeness (QED) is 0.809. The number of benzene rings is 1. The molecule has 2 aromatic rings. The molecule has 0 aliphatic rings.